The molecule has 1 amide bonds. The largest absolute Gasteiger partial charge is 0.465 e. The maximum absolute atomic E-state index is 13.0. The number of carbonyl (C=O) groups is 2. The van der Waals surface area contributed by atoms with Crippen molar-refractivity contribution in [3.63, 3.8) is 0 Å². The van der Waals surface area contributed by atoms with Crippen molar-refractivity contribution in [3.05, 3.63) is 47.7 Å². The van der Waals surface area contributed by atoms with E-state index in [9.17, 15) is 9.59 Å². The van der Waals surface area contributed by atoms with Gasteiger partial charge in [-0.25, -0.2) is 19.7 Å². The van der Waals surface area contributed by atoms with Crippen LogP contribution in [0.5, 0.6) is 0 Å². The molecule has 0 spiro atoms. The lowest BCUT2D eigenvalue weighted by Gasteiger charge is -2.34. The topological polar surface area (TPSA) is 106 Å². The lowest BCUT2D eigenvalue weighted by atomic mass is 10.1. The van der Waals surface area contributed by atoms with E-state index in [4.69, 9.17) is 14.5 Å². The molecule has 0 bridgehead atoms. The quantitative estimate of drug-likeness (QED) is 0.452. The maximum Gasteiger partial charge on any atom is 0.337 e. The van der Waals surface area contributed by atoms with Gasteiger partial charge in [0.05, 0.1) is 42.9 Å². The SMILES string of the molecule is COC(=O)c1ccc2nc(CN3CCN(C(=O)c4cc(N(C)C)ncn4)CC3)n(C[C@@H]3CCO3)c2c1. The first-order valence-corrected chi connectivity index (χ1v) is 12.1. The average Bonchev–Trinajstić information content (AvgIpc) is 3.21. The Morgan fingerprint density at radius 3 is 2.58 bits per heavy atom. The van der Waals surface area contributed by atoms with E-state index in [1.54, 1.807) is 12.1 Å². The Hall–Kier alpha value is -3.57. The van der Waals surface area contributed by atoms with Gasteiger partial charge in [0.25, 0.3) is 5.91 Å². The third kappa shape index (κ3) is 4.89. The number of hydrogen-bond donors (Lipinski definition) is 0. The summed E-state index contributed by atoms with van der Waals surface area (Å²) in [5.74, 6) is 1.18. The fourth-order valence-electron chi connectivity index (χ4n) is 4.55. The van der Waals surface area contributed by atoms with Crippen LogP contribution in [0, 0.1) is 0 Å². The molecule has 2 aliphatic rings. The Balaban J connectivity index is 1.30. The highest BCUT2D eigenvalue weighted by Crippen LogP contribution is 2.24. The molecule has 2 fully saturated rings. The van der Waals surface area contributed by atoms with Crippen molar-refractivity contribution in [3.8, 4) is 0 Å². The predicted octanol–water partition coefficient (Wildman–Crippen LogP) is 1.43. The number of fused-ring (bicyclic) bond motifs is 1. The van der Waals surface area contributed by atoms with Gasteiger partial charge in [0.15, 0.2) is 0 Å². The van der Waals surface area contributed by atoms with Crippen LogP contribution in [0.3, 0.4) is 0 Å². The van der Waals surface area contributed by atoms with Gasteiger partial charge in [0.1, 0.15) is 23.7 Å². The van der Waals surface area contributed by atoms with Crippen molar-refractivity contribution in [1.29, 1.82) is 0 Å². The maximum atomic E-state index is 13.0. The second kappa shape index (κ2) is 10.2. The van der Waals surface area contributed by atoms with E-state index < -0.39 is 0 Å². The van der Waals surface area contributed by atoms with Gasteiger partial charge in [-0.15, -0.1) is 0 Å². The summed E-state index contributed by atoms with van der Waals surface area (Å²) >= 11 is 0. The monoisotopic (exact) mass is 493 g/mol. The minimum absolute atomic E-state index is 0.0788. The van der Waals surface area contributed by atoms with Gasteiger partial charge in [-0.3, -0.25) is 9.69 Å². The molecule has 1 atom stereocenters. The summed E-state index contributed by atoms with van der Waals surface area (Å²) in [7, 11) is 5.15. The number of methoxy groups -OCH3 is 1. The van der Waals surface area contributed by atoms with Crippen LogP contribution in [0.2, 0.25) is 0 Å². The molecule has 5 rings (SSSR count). The van der Waals surface area contributed by atoms with Gasteiger partial charge < -0.3 is 23.8 Å². The summed E-state index contributed by atoms with van der Waals surface area (Å²) in [6, 6.07) is 7.18. The number of hydrogen-bond acceptors (Lipinski definition) is 9. The number of anilines is 1. The summed E-state index contributed by atoms with van der Waals surface area (Å²) in [4.78, 5) is 44.4. The summed E-state index contributed by atoms with van der Waals surface area (Å²) in [5, 5.41) is 0. The molecule has 11 nitrogen and oxygen atoms in total. The third-order valence-corrected chi connectivity index (χ3v) is 6.78. The number of imidazole rings is 1. The van der Waals surface area contributed by atoms with Crippen LogP contribution < -0.4 is 4.90 Å². The minimum Gasteiger partial charge on any atom is -0.465 e. The normalized spacial score (nSPS) is 18.2. The smallest absolute Gasteiger partial charge is 0.337 e. The van der Waals surface area contributed by atoms with Crippen molar-refractivity contribution in [2.75, 3.05) is 58.9 Å². The number of nitrogens with zero attached hydrogens (tertiary/aromatic N) is 7. The van der Waals surface area contributed by atoms with Gasteiger partial charge in [-0.05, 0) is 24.6 Å². The number of amides is 1. The molecule has 0 unspecified atom stereocenters. The molecule has 3 aromatic rings. The van der Waals surface area contributed by atoms with Crippen LogP contribution in [-0.2, 0) is 22.6 Å². The summed E-state index contributed by atoms with van der Waals surface area (Å²) < 4.78 is 12.8. The molecular formula is C25H31N7O4. The van der Waals surface area contributed by atoms with Gasteiger partial charge in [0, 0.05) is 52.9 Å². The first-order chi connectivity index (χ1) is 17.4. The minimum atomic E-state index is -0.367. The van der Waals surface area contributed by atoms with Crippen LogP contribution in [0.25, 0.3) is 11.0 Å². The van der Waals surface area contributed by atoms with E-state index in [0.717, 1.165) is 43.0 Å². The van der Waals surface area contributed by atoms with E-state index in [-0.39, 0.29) is 18.0 Å². The van der Waals surface area contributed by atoms with Gasteiger partial charge in [-0.1, -0.05) is 0 Å². The van der Waals surface area contributed by atoms with Crippen LogP contribution >= 0.6 is 0 Å². The number of piperazine rings is 1. The van der Waals surface area contributed by atoms with E-state index >= 15 is 0 Å². The molecule has 11 heteroatoms. The Morgan fingerprint density at radius 1 is 1.14 bits per heavy atom. The second-order valence-electron chi connectivity index (χ2n) is 9.34. The predicted molar refractivity (Wildman–Crippen MR) is 133 cm³/mol. The number of esters is 1. The molecule has 36 heavy (non-hydrogen) atoms. The fraction of sp³-hybridized carbons (Fsp3) is 0.480. The average molecular weight is 494 g/mol. The molecule has 0 saturated carbocycles. The van der Waals surface area contributed by atoms with Crippen LogP contribution in [0.1, 0.15) is 33.1 Å². The number of aromatic nitrogens is 4. The highest BCUT2D eigenvalue weighted by atomic mass is 16.5. The third-order valence-electron chi connectivity index (χ3n) is 6.78. The molecule has 0 aliphatic carbocycles. The molecular weight excluding hydrogens is 462 g/mol. The van der Waals surface area contributed by atoms with Crippen molar-refractivity contribution in [2.45, 2.75) is 25.6 Å². The van der Waals surface area contributed by atoms with Crippen LogP contribution in [0.4, 0.5) is 5.82 Å². The molecule has 4 heterocycles. The Morgan fingerprint density at radius 2 is 1.92 bits per heavy atom. The zero-order valence-electron chi connectivity index (χ0n) is 20.9. The number of rotatable bonds is 7. The van der Waals surface area contributed by atoms with E-state index in [1.807, 2.05) is 36.0 Å². The van der Waals surface area contributed by atoms with Crippen molar-refractivity contribution in [1.82, 2.24) is 29.3 Å². The first kappa shape index (κ1) is 24.1. The lowest BCUT2D eigenvalue weighted by Crippen LogP contribution is -2.48. The van der Waals surface area contributed by atoms with Crippen molar-refractivity contribution in [2.24, 2.45) is 0 Å². The zero-order chi connectivity index (χ0) is 25.2. The summed E-state index contributed by atoms with van der Waals surface area (Å²) in [5.41, 5.74) is 2.65. The first-order valence-electron chi connectivity index (χ1n) is 12.1. The number of ether oxygens (including phenoxy) is 2. The second-order valence-corrected chi connectivity index (χ2v) is 9.34. The molecule has 2 saturated heterocycles. The Kier molecular flexibility index (Phi) is 6.84. The van der Waals surface area contributed by atoms with E-state index in [1.165, 1.54) is 13.4 Å². The standard InChI is InChI=1S/C25H31N7O4/c1-29(2)22-13-20(26-16-27-22)24(33)31-9-7-30(8-10-31)15-23-28-19-5-4-17(25(34)35-3)12-21(19)32(23)14-18-6-11-36-18/h4-5,12-13,16,18H,6-11,14-15H2,1-3H3/t18-/m0/s1. The summed E-state index contributed by atoms with van der Waals surface area (Å²) in [6.45, 7) is 4.80. The lowest BCUT2D eigenvalue weighted by molar-refractivity contribution is -0.0592. The fourth-order valence-corrected chi connectivity index (χ4v) is 4.55. The van der Waals surface area contributed by atoms with Crippen LogP contribution in [-0.4, -0.2) is 101 Å². The van der Waals surface area contributed by atoms with Gasteiger partial charge in [0.2, 0.25) is 0 Å². The molecule has 2 aromatic heterocycles. The molecule has 1 aromatic carbocycles. The van der Waals surface area contributed by atoms with Crippen molar-refractivity contribution >= 4 is 28.7 Å². The number of carbonyl (C=O) groups excluding carboxylic acids is 2. The Labute approximate surface area is 209 Å². The van der Waals surface area contributed by atoms with Crippen molar-refractivity contribution < 1.29 is 19.1 Å². The van der Waals surface area contributed by atoms with Gasteiger partial charge in [-0.2, -0.15) is 0 Å². The number of benzene rings is 1. The molecule has 190 valence electrons. The highest BCUT2D eigenvalue weighted by Gasteiger charge is 2.27. The van der Waals surface area contributed by atoms with E-state index in [2.05, 4.69) is 19.4 Å². The molecule has 0 N–H and O–H groups in total. The van der Waals surface area contributed by atoms with Gasteiger partial charge >= 0.3 is 5.97 Å². The van der Waals surface area contributed by atoms with Crippen LogP contribution in [0.15, 0.2) is 30.6 Å². The molecule has 0 radical (unpaired) electrons. The van der Waals surface area contributed by atoms with E-state index in [0.29, 0.717) is 43.3 Å². The molecule has 2 aliphatic heterocycles. The zero-order valence-corrected chi connectivity index (χ0v) is 20.9. The Bertz CT molecular complexity index is 1260. The highest BCUT2D eigenvalue weighted by molar-refractivity contribution is 5.94. The summed E-state index contributed by atoms with van der Waals surface area (Å²) in [6.07, 6.45) is 2.59.